The van der Waals surface area contributed by atoms with E-state index in [0.717, 1.165) is 23.1 Å². The van der Waals surface area contributed by atoms with Crippen molar-refractivity contribution in [3.63, 3.8) is 0 Å². The maximum Gasteiger partial charge on any atom is 0.355 e. The summed E-state index contributed by atoms with van der Waals surface area (Å²) in [5.41, 5.74) is 9.32. The van der Waals surface area contributed by atoms with Crippen LogP contribution >= 0.6 is 0 Å². The van der Waals surface area contributed by atoms with Gasteiger partial charge < -0.3 is 15.8 Å². The predicted molar refractivity (Wildman–Crippen MR) is 98.3 cm³/mol. The zero-order valence-electron chi connectivity index (χ0n) is 14.4. The van der Waals surface area contributed by atoms with Gasteiger partial charge in [-0.1, -0.05) is 43.3 Å². The summed E-state index contributed by atoms with van der Waals surface area (Å²) in [6.45, 7) is 3.49. The zero-order valence-corrected chi connectivity index (χ0v) is 14.4. The lowest BCUT2D eigenvalue weighted by molar-refractivity contribution is -0.141. The van der Waals surface area contributed by atoms with Gasteiger partial charge in [-0.25, -0.2) is 4.79 Å². The third-order valence-electron chi connectivity index (χ3n) is 3.60. The van der Waals surface area contributed by atoms with Crippen molar-refractivity contribution in [2.45, 2.75) is 26.9 Å². The van der Waals surface area contributed by atoms with Crippen molar-refractivity contribution in [1.29, 1.82) is 0 Å². The first-order chi connectivity index (χ1) is 12.0. The SMILES string of the molecule is CCc1cc(/C=C(\NC(C)=O)C(=O)OCc2ccccc2)ccc1N. The smallest absolute Gasteiger partial charge is 0.355 e. The Hall–Kier alpha value is -3.08. The fraction of sp³-hybridized carbons (Fsp3) is 0.200. The zero-order chi connectivity index (χ0) is 18.2. The Morgan fingerprint density at radius 1 is 1.16 bits per heavy atom. The summed E-state index contributed by atoms with van der Waals surface area (Å²) >= 11 is 0. The highest BCUT2D eigenvalue weighted by Gasteiger charge is 2.13. The third-order valence-corrected chi connectivity index (χ3v) is 3.60. The van der Waals surface area contributed by atoms with Crippen LogP contribution in [-0.2, 0) is 27.4 Å². The highest BCUT2D eigenvalue weighted by molar-refractivity contribution is 5.97. The van der Waals surface area contributed by atoms with E-state index in [4.69, 9.17) is 10.5 Å². The fourth-order valence-electron chi connectivity index (χ4n) is 2.32. The Labute approximate surface area is 147 Å². The van der Waals surface area contributed by atoms with Gasteiger partial charge in [-0.3, -0.25) is 4.79 Å². The summed E-state index contributed by atoms with van der Waals surface area (Å²) in [4.78, 5) is 23.8. The first-order valence-corrected chi connectivity index (χ1v) is 8.08. The van der Waals surface area contributed by atoms with Crippen LogP contribution in [-0.4, -0.2) is 11.9 Å². The van der Waals surface area contributed by atoms with E-state index in [1.54, 1.807) is 18.2 Å². The number of rotatable bonds is 6. The van der Waals surface area contributed by atoms with Gasteiger partial charge >= 0.3 is 5.97 Å². The number of amides is 1. The standard InChI is InChI=1S/C20H22N2O3/c1-3-17-11-16(9-10-18(17)21)12-19(22-14(2)23)20(24)25-13-15-7-5-4-6-8-15/h4-12H,3,13,21H2,1-2H3,(H,22,23)/b19-12-. The molecule has 0 saturated heterocycles. The summed E-state index contributed by atoms with van der Waals surface area (Å²) in [5.74, 6) is -0.928. The Balaban J connectivity index is 2.19. The summed E-state index contributed by atoms with van der Waals surface area (Å²) in [5, 5.41) is 2.53. The molecule has 0 unspecified atom stereocenters. The number of nitrogens with two attached hydrogens (primary N) is 1. The number of nitrogens with one attached hydrogen (secondary N) is 1. The molecule has 0 aliphatic rings. The molecular weight excluding hydrogens is 316 g/mol. The molecule has 0 atom stereocenters. The molecule has 130 valence electrons. The van der Waals surface area contributed by atoms with Gasteiger partial charge in [-0.05, 0) is 41.3 Å². The van der Waals surface area contributed by atoms with E-state index in [1.165, 1.54) is 6.92 Å². The summed E-state index contributed by atoms with van der Waals surface area (Å²) in [7, 11) is 0. The average Bonchev–Trinajstić information content (AvgIpc) is 2.61. The summed E-state index contributed by atoms with van der Waals surface area (Å²) in [6, 6.07) is 14.8. The van der Waals surface area contributed by atoms with Gasteiger partial charge in [0.1, 0.15) is 12.3 Å². The monoisotopic (exact) mass is 338 g/mol. The Morgan fingerprint density at radius 3 is 2.52 bits per heavy atom. The van der Waals surface area contributed by atoms with Crippen LogP contribution in [0.15, 0.2) is 54.2 Å². The molecular formula is C20H22N2O3. The molecule has 5 nitrogen and oxygen atoms in total. The van der Waals surface area contributed by atoms with Crippen LogP contribution in [0, 0.1) is 0 Å². The number of carbonyl (C=O) groups is 2. The molecule has 0 aliphatic carbocycles. The molecule has 0 fully saturated rings. The number of hydrogen-bond donors (Lipinski definition) is 2. The molecule has 1 amide bonds. The van der Waals surface area contributed by atoms with Crippen LogP contribution in [0.2, 0.25) is 0 Å². The van der Waals surface area contributed by atoms with Crippen molar-refractivity contribution in [3.05, 3.63) is 70.9 Å². The number of nitrogen functional groups attached to an aromatic ring is 1. The van der Waals surface area contributed by atoms with Gasteiger partial charge in [0.05, 0.1) is 0 Å². The van der Waals surface area contributed by atoms with E-state index in [-0.39, 0.29) is 18.2 Å². The number of ether oxygens (including phenoxy) is 1. The molecule has 0 radical (unpaired) electrons. The van der Waals surface area contributed by atoms with Gasteiger partial charge in [-0.15, -0.1) is 0 Å². The molecule has 2 rings (SSSR count). The van der Waals surface area contributed by atoms with Gasteiger partial charge in [0, 0.05) is 12.6 Å². The molecule has 25 heavy (non-hydrogen) atoms. The predicted octanol–water partition coefficient (Wildman–Crippen LogP) is 3.05. The highest BCUT2D eigenvalue weighted by Crippen LogP contribution is 2.17. The largest absolute Gasteiger partial charge is 0.456 e. The lowest BCUT2D eigenvalue weighted by Gasteiger charge is -2.10. The lowest BCUT2D eigenvalue weighted by atomic mass is 10.1. The van der Waals surface area contributed by atoms with E-state index in [9.17, 15) is 9.59 Å². The number of aryl methyl sites for hydroxylation is 1. The maximum absolute atomic E-state index is 12.3. The van der Waals surface area contributed by atoms with Gasteiger partial charge in [0.25, 0.3) is 0 Å². The minimum absolute atomic E-state index is 0.0928. The van der Waals surface area contributed by atoms with Crippen LogP contribution in [0.3, 0.4) is 0 Å². The topological polar surface area (TPSA) is 81.4 Å². The van der Waals surface area contributed by atoms with E-state index < -0.39 is 5.97 Å². The van der Waals surface area contributed by atoms with E-state index in [2.05, 4.69) is 5.32 Å². The van der Waals surface area contributed by atoms with Crippen LogP contribution in [0.4, 0.5) is 5.69 Å². The van der Waals surface area contributed by atoms with Crippen LogP contribution in [0.5, 0.6) is 0 Å². The summed E-state index contributed by atoms with van der Waals surface area (Å²) in [6.07, 6.45) is 2.37. The van der Waals surface area contributed by atoms with E-state index >= 15 is 0 Å². The molecule has 0 aromatic heterocycles. The van der Waals surface area contributed by atoms with Crippen molar-refractivity contribution in [2.24, 2.45) is 0 Å². The van der Waals surface area contributed by atoms with E-state index in [0.29, 0.717) is 5.69 Å². The Morgan fingerprint density at radius 2 is 1.88 bits per heavy atom. The molecule has 2 aromatic carbocycles. The van der Waals surface area contributed by atoms with Gasteiger partial charge in [0.15, 0.2) is 0 Å². The molecule has 0 spiro atoms. The second-order valence-corrected chi connectivity index (χ2v) is 5.61. The second kappa shape index (κ2) is 8.68. The average molecular weight is 338 g/mol. The lowest BCUT2D eigenvalue weighted by Crippen LogP contribution is -2.26. The second-order valence-electron chi connectivity index (χ2n) is 5.61. The molecule has 0 saturated carbocycles. The van der Waals surface area contributed by atoms with Crippen molar-refractivity contribution >= 4 is 23.6 Å². The molecule has 5 heteroatoms. The van der Waals surface area contributed by atoms with Gasteiger partial charge in [0.2, 0.25) is 5.91 Å². The van der Waals surface area contributed by atoms with Crippen molar-refractivity contribution in [1.82, 2.24) is 5.32 Å². The summed E-state index contributed by atoms with van der Waals surface area (Å²) < 4.78 is 5.30. The quantitative estimate of drug-likeness (QED) is 0.482. The van der Waals surface area contributed by atoms with E-state index in [1.807, 2.05) is 43.3 Å². The minimum atomic E-state index is -0.589. The normalized spacial score (nSPS) is 11.0. The number of carbonyl (C=O) groups excluding carboxylic acids is 2. The molecule has 0 bridgehead atoms. The van der Waals surface area contributed by atoms with Gasteiger partial charge in [-0.2, -0.15) is 0 Å². The van der Waals surface area contributed by atoms with Crippen LogP contribution in [0.1, 0.15) is 30.5 Å². The molecule has 0 heterocycles. The van der Waals surface area contributed by atoms with Crippen molar-refractivity contribution in [2.75, 3.05) is 5.73 Å². The van der Waals surface area contributed by atoms with Crippen LogP contribution < -0.4 is 11.1 Å². The number of hydrogen-bond acceptors (Lipinski definition) is 4. The molecule has 3 N–H and O–H groups in total. The first kappa shape index (κ1) is 18.3. The third kappa shape index (κ3) is 5.49. The number of anilines is 1. The first-order valence-electron chi connectivity index (χ1n) is 8.08. The Bertz CT molecular complexity index is 783. The van der Waals surface area contributed by atoms with Crippen molar-refractivity contribution < 1.29 is 14.3 Å². The number of esters is 1. The molecule has 0 aliphatic heterocycles. The van der Waals surface area contributed by atoms with Crippen molar-refractivity contribution in [3.8, 4) is 0 Å². The maximum atomic E-state index is 12.3. The molecule has 2 aromatic rings. The Kier molecular flexibility index (Phi) is 6.34. The number of benzene rings is 2. The highest BCUT2D eigenvalue weighted by atomic mass is 16.5. The fourth-order valence-corrected chi connectivity index (χ4v) is 2.32. The minimum Gasteiger partial charge on any atom is -0.456 e. The van der Waals surface area contributed by atoms with Crippen LogP contribution in [0.25, 0.3) is 6.08 Å².